The Bertz CT molecular complexity index is 686. The van der Waals surface area contributed by atoms with Gasteiger partial charge >= 0.3 is 0 Å². The van der Waals surface area contributed by atoms with Crippen LogP contribution in [-0.2, 0) is 12.8 Å². The van der Waals surface area contributed by atoms with Crippen molar-refractivity contribution in [2.75, 3.05) is 0 Å². The van der Waals surface area contributed by atoms with Crippen LogP contribution < -0.4 is 5.73 Å². The van der Waals surface area contributed by atoms with Crippen LogP contribution in [0.4, 0.5) is 0 Å². The molecule has 0 fully saturated rings. The molecular weight excluding hydrogens is 246 g/mol. The van der Waals surface area contributed by atoms with Gasteiger partial charge in [0.25, 0.3) is 0 Å². The van der Waals surface area contributed by atoms with Crippen molar-refractivity contribution in [2.24, 2.45) is 5.73 Å². The van der Waals surface area contributed by atoms with Crippen molar-refractivity contribution < 1.29 is 0 Å². The summed E-state index contributed by atoms with van der Waals surface area (Å²) in [5.74, 6) is 0.601. The van der Waals surface area contributed by atoms with E-state index in [0.29, 0.717) is 5.92 Å². The van der Waals surface area contributed by atoms with E-state index in [1.165, 1.54) is 24.0 Å². The van der Waals surface area contributed by atoms with Crippen molar-refractivity contribution in [3.63, 3.8) is 0 Å². The number of para-hydroxylation sites is 1. The van der Waals surface area contributed by atoms with Crippen LogP contribution in [0.15, 0.2) is 18.2 Å². The predicted octanol–water partition coefficient (Wildman–Crippen LogP) is 3.52. The molecule has 1 aliphatic rings. The number of pyridine rings is 1. The second-order valence-electron chi connectivity index (χ2n) is 5.93. The van der Waals surface area contributed by atoms with Crippen molar-refractivity contribution >= 4 is 16.7 Å². The lowest BCUT2D eigenvalue weighted by molar-refractivity contribution is 0.669. The standard InChI is InChI=1S/C17H21N3/c1-10(2)11-7-5-8-13-15(17(18)19)12-6-3-4-9-14(12)20-16(11)13/h5,7-8,10H,3-4,6,9H2,1-2H3,(H3,18,19). The van der Waals surface area contributed by atoms with Gasteiger partial charge in [0.05, 0.1) is 5.52 Å². The first-order valence-corrected chi connectivity index (χ1v) is 7.38. The number of aryl methyl sites for hydroxylation is 1. The largest absolute Gasteiger partial charge is 0.384 e. The third-order valence-electron chi connectivity index (χ3n) is 4.22. The van der Waals surface area contributed by atoms with Crippen LogP contribution in [0.5, 0.6) is 0 Å². The molecule has 1 aromatic heterocycles. The molecule has 0 saturated carbocycles. The van der Waals surface area contributed by atoms with Crippen molar-refractivity contribution in [2.45, 2.75) is 45.4 Å². The van der Waals surface area contributed by atoms with Gasteiger partial charge in [0.2, 0.25) is 0 Å². The molecule has 2 aromatic rings. The van der Waals surface area contributed by atoms with Gasteiger partial charge in [-0.3, -0.25) is 10.4 Å². The number of hydrogen-bond acceptors (Lipinski definition) is 2. The molecule has 0 spiro atoms. The molecule has 3 N–H and O–H groups in total. The van der Waals surface area contributed by atoms with E-state index in [4.69, 9.17) is 16.1 Å². The number of nitrogens with two attached hydrogens (primary N) is 1. The van der Waals surface area contributed by atoms with Crippen LogP contribution in [0.25, 0.3) is 10.9 Å². The van der Waals surface area contributed by atoms with Gasteiger partial charge in [0, 0.05) is 16.6 Å². The Morgan fingerprint density at radius 2 is 2.00 bits per heavy atom. The summed E-state index contributed by atoms with van der Waals surface area (Å²) in [4.78, 5) is 4.93. The Kier molecular flexibility index (Phi) is 3.20. The zero-order chi connectivity index (χ0) is 14.3. The minimum Gasteiger partial charge on any atom is -0.384 e. The minimum atomic E-state index is 0.177. The first-order chi connectivity index (χ1) is 9.59. The number of amidine groups is 1. The number of nitrogens with one attached hydrogen (secondary N) is 1. The summed E-state index contributed by atoms with van der Waals surface area (Å²) in [5, 5.41) is 9.03. The van der Waals surface area contributed by atoms with Crippen LogP contribution in [0.1, 0.15) is 55.0 Å². The first kappa shape index (κ1) is 13.1. The number of rotatable bonds is 2. The highest BCUT2D eigenvalue weighted by atomic mass is 14.8. The SMILES string of the molecule is CC(C)c1cccc2c(C(=N)N)c3c(nc12)CCCC3. The highest BCUT2D eigenvalue weighted by Gasteiger charge is 2.21. The highest BCUT2D eigenvalue weighted by molar-refractivity contribution is 6.08. The lowest BCUT2D eigenvalue weighted by atomic mass is 9.87. The molecule has 3 rings (SSSR count). The highest BCUT2D eigenvalue weighted by Crippen LogP contribution is 2.32. The molecular formula is C17H21N3. The quantitative estimate of drug-likeness (QED) is 0.646. The Labute approximate surface area is 119 Å². The van der Waals surface area contributed by atoms with Crippen molar-refractivity contribution in [3.8, 4) is 0 Å². The molecule has 3 heteroatoms. The minimum absolute atomic E-state index is 0.177. The third kappa shape index (κ3) is 1.98. The summed E-state index contributed by atoms with van der Waals surface area (Å²) in [6.07, 6.45) is 4.37. The zero-order valence-electron chi connectivity index (χ0n) is 12.2. The summed E-state index contributed by atoms with van der Waals surface area (Å²) in [7, 11) is 0. The van der Waals surface area contributed by atoms with Crippen molar-refractivity contribution in [1.29, 1.82) is 5.41 Å². The van der Waals surface area contributed by atoms with Gasteiger partial charge in [-0.15, -0.1) is 0 Å². The summed E-state index contributed by atoms with van der Waals surface area (Å²) < 4.78 is 0. The van der Waals surface area contributed by atoms with Gasteiger partial charge in [-0.1, -0.05) is 32.0 Å². The van der Waals surface area contributed by atoms with Gasteiger partial charge in [-0.25, -0.2) is 0 Å². The fraction of sp³-hybridized carbons (Fsp3) is 0.412. The molecule has 0 bridgehead atoms. The van der Waals surface area contributed by atoms with E-state index in [2.05, 4.69) is 32.0 Å². The second-order valence-corrected chi connectivity index (χ2v) is 5.93. The van der Waals surface area contributed by atoms with Gasteiger partial charge in [-0.05, 0) is 42.7 Å². The predicted molar refractivity (Wildman–Crippen MR) is 83.5 cm³/mol. The van der Waals surface area contributed by atoms with E-state index in [1.807, 2.05) is 0 Å². The lowest BCUT2D eigenvalue weighted by Gasteiger charge is -2.21. The monoisotopic (exact) mass is 267 g/mol. The van der Waals surface area contributed by atoms with Gasteiger partial charge < -0.3 is 5.73 Å². The Morgan fingerprint density at radius 1 is 1.25 bits per heavy atom. The van der Waals surface area contributed by atoms with E-state index < -0.39 is 0 Å². The van der Waals surface area contributed by atoms with Crippen molar-refractivity contribution in [1.82, 2.24) is 4.98 Å². The smallest absolute Gasteiger partial charge is 0.123 e. The Morgan fingerprint density at radius 3 is 2.70 bits per heavy atom. The number of hydrogen-bond donors (Lipinski definition) is 2. The molecule has 0 radical (unpaired) electrons. The molecule has 0 unspecified atom stereocenters. The topological polar surface area (TPSA) is 62.8 Å². The van der Waals surface area contributed by atoms with Crippen LogP contribution in [-0.4, -0.2) is 10.8 Å². The lowest BCUT2D eigenvalue weighted by Crippen LogP contribution is -2.19. The van der Waals surface area contributed by atoms with E-state index in [1.54, 1.807) is 0 Å². The van der Waals surface area contributed by atoms with E-state index in [-0.39, 0.29) is 5.84 Å². The molecule has 0 amide bonds. The maximum atomic E-state index is 7.99. The fourth-order valence-electron chi connectivity index (χ4n) is 3.24. The third-order valence-corrected chi connectivity index (χ3v) is 4.22. The van der Waals surface area contributed by atoms with E-state index >= 15 is 0 Å². The maximum Gasteiger partial charge on any atom is 0.123 e. The number of fused-ring (bicyclic) bond motifs is 2. The summed E-state index contributed by atoms with van der Waals surface area (Å²) in [6.45, 7) is 4.37. The molecule has 1 aliphatic carbocycles. The number of nitrogen functional groups attached to an aromatic ring is 1. The van der Waals surface area contributed by atoms with E-state index in [0.717, 1.165) is 35.0 Å². The van der Waals surface area contributed by atoms with Gasteiger partial charge in [0.1, 0.15) is 5.84 Å². The van der Waals surface area contributed by atoms with Crippen LogP contribution in [0, 0.1) is 5.41 Å². The van der Waals surface area contributed by atoms with Crippen LogP contribution in [0.3, 0.4) is 0 Å². The molecule has 0 saturated heterocycles. The van der Waals surface area contributed by atoms with Crippen LogP contribution >= 0.6 is 0 Å². The average Bonchev–Trinajstić information content (AvgIpc) is 2.43. The zero-order valence-corrected chi connectivity index (χ0v) is 12.2. The van der Waals surface area contributed by atoms with Gasteiger partial charge in [0.15, 0.2) is 0 Å². The first-order valence-electron chi connectivity index (χ1n) is 7.38. The molecule has 0 atom stereocenters. The summed E-state index contributed by atoms with van der Waals surface area (Å²) in [5.41, 5.74) is 11.5. The fourth-order valence-corrected chi connectivity index (χ4v) is 3.24. The van der Waals surface area contributed by atoms with Gasteiger partial charge in [-0.2, -0.15) is 0 Å². The number of aromatic nitrogens is 1. The number of benzene rings is 1. The molecule has 104 valence electrons. The summed E-state index contributed by atoms with van der Waals surface area (Å²) >= 11 is 0. The van der Waals surface area contributed by atoms with Crippen LogP contribution in [0.2, 0.25) is 0 Å². The molecule has 1 heterocycles. The normalized spacial score (nSPS) is 14.6. The number of nitrogens with zero attached hydrogens (tertiary/aromatic N) is 1. The Balaban J connectivity index is 2.41. The maximum absolute atomic E-state index is 7.99. The molecule has 0 aliphatic heterocycles. The van der Waals surface area contributed by atoms with Crippen molar-refractivity contribution in [3.05, 3.63) is 40.6 Å². The molecule has 3 nitrogen and oxygen atoms in total. The Hall–Kier alpha value is -1.90. The molecule has 1 aromatic carbocycles. The average molecular weight is 267 g/mol. The second kappa shape index (κ2) is 4.89. The summed E-state index contributed by atoms with van der Waals surface area (Å²) in [6, 6.07) is 6.25. The van der Waals surface area contributed by atoms with E-state index in [9.17, 15) is 0 Å². The molecule has 20 heavy (non-hydrogen) atoms.